The maximum Gasteiger partial charge on any atom is 0.416 e. The molecule has 0 fully saturated rings. The Kier molecular flexibility index (Phi) is 5.50. The monoisotopic (exact) mass is 325 g/mol. The van der Waals surface area contributed by atoms with E-state index < -0.39 is 11.7 Å². The maximum atomic E-state index is 13.0. The summed E-state index contributed by atoms with van der Waals surface area (Å²) in [6, 6.07) is 10.9. The van der Waals surface area contributed by atoms with Gasteiger partial charge < -0.3 is 14.8 Å². The lowest BCUT2D eigenvalue weighted by Gasteiger charge is -2.15. The Labute approximate surface area is 133 Å². The van der Waals surface area contributed by atoms with Gasteiger partial charge in [-0.2, -0.15) is 13.2 Å². The summed E-state index contributed by atoms with van der Waals surface area (Å²) in [6.45, 7) is 0.475. The third-order valence-corrected chi connectivity index (χ3v) is 3.44. The molecule has 0 amide bonds. The van der Waals surface area contributed by atoms with E-state index in [9.17, 15) is 13.2 Å². The number of rotatable bonds is 6. The molecule has 0 radical (unpaired) electrons. The zero-order valence-corrected chi connectivity index (χ0v) is 12.9. The molecule has 0 heterocycles. The first-order valence-corrected chi connectivity index (χ1v) is 7.03. The molecule has 0 unspecified atom stereocenters. The molecule has 0 saturated heterocycles. The molecule has 2 rings (SSSR count). The van der Waals surface area contributed by atoms with Gasteiger partial charge in [0, 0.05) is 18.7 Å². The fourth-order valence-electron chi connectivity index (χ4n) is 2.38. The van der Waals surface area contributed by atoms with Gasteiger partial charge in [0.1, 0.15) is 0 Å². The van der Waals surface area contributed by atoms with Crippen LogP contribution in [0.2, 0.25) is 0 Å². The van der Waals surface area contributed by atoms with Gasteiger partial charge in [0.2, 0.25) is 0 Å². The SMILES string of the molecule is COc1cccc(CNCc2ccccc2C(F)(F)F)c1OC. The summed E-state index contributed by atoms with van der Waals surface area (Å²) in [7, 11) is 3.06. The zero-order chi connectivity index (χ0) is 16.9. The van der Waals surface area contributed by atoms with E-state index in [0.29, 0.717) is 18.0 Å². The van der Waals surface area contributed by atoms with Crippen LogP contribution in [-0.4, -0.2) is 14.2 Å². The Morgan fingerprint density at radius 1 is 0.870 bits per heavy atom. The Morgan fingerprint density at radius 2 is 1.52 bits per heavy atom. The van der Waals surface area contributed by atoms with Crippen LogP contribution in [0.3, 0.4) is 0 Å². The molecule has 0 aliphatic carbocycles. The van der Waals surface area contributed by atoms with Gasteiger partial charge in [0.15, 0.2) is 11.5 Å². The molecule has 124 valence electrons. The van der Waals surface area contributed by atoms with Crippen molar-refractivity contribution in [1.82, 2.24) is 5.32 Å². The highest BCUT2D eigenvalue weighted by molar-refractivity contribution is 5.46. The first-order valence-electron chi connectivity index (χ1n) is 7.03. The van der Waals surface area contributed by atoms with Crippen molar-refractivity contribution >= 4 is 0 Å². The average Bonchev–Trinajstić information content (AvgIpc) is 2.54. The number of ether oxygens (including phenoxy) is 2. The molecular formula is C17H18F3NO2. The topological polar surface area (TPSA) is 30.5 Å². The van der Waals surface area contributed by atoms with E-state index in [4.69, 9.17) is 9.47 Å². The minimum absolute atomic E-state index is 0.107. The molecule has 3 nitrogen and oxygen atoms in total. The molecule has 0 aliphatic heterocycles. The number of halogens is 3. The van der Waals surface area contributed by atoms with Crippen molar-refractivity contribution < 1.29 is 22.6 Å². The predicted octanol–water partition coefficient (Wildman–Crippen LogP) is 4.01. The molecule has 0 aliphatic rings. The molecule has 2 aromatic rings. The zero-order valence-electron chi connectivity index (χ0n) is 12.9. The first-order chi connectivity index (χ1) is 11.0. The molecule has 0 aromatic heterocycles. The highest BCUT2D eigenvalue weighted by atomic mass is 19.4. The van der Waals surface area contributed by atoms with Crippen molar-refractivity contribution in [2.75, 3.05) is 14.2 Å². The lowest BCUT2D eigenvalue weighted by Crippen LogP contribution is -2.17. The Morgan fingerprint density at radius 3 is 2.17 bits per heavy atom. The number of para-hydroxylation sites is 1. The minimum atomic E-state index is -4.36. The smallest absolute Gasteiger partial charge is 0.416 e. The summed E-state index contributed by atoms with van der Waals surface area (Å²) in [5.41, 5.74) is 0.406. The lowest BCUT2D eigenvalue weighted by atomic mass is 10.1. The van der Waals surface area contributed by atoms with E-state index in [0.717, 1.165) is 11.6 Å². The summed E-state index contributed by atoms with van der Waals surface area (Å²) < 4.78 is 49.4. The van der Waals surface area contributed by atoms with Gasteiger partial charge in [-0.05, 0) is 17.7 Å². The minimum Gasteiger partial charge on any atom is -0.493 e. The number of alkyl halides is 3. The van der Waals surface area contributed by atoms with Gasteiger partial charge in [-0.1, -0.05) is 30.3 Å². The molecule has 0 bridgehead atoms. The normalized spacial score (nSPS) is 11.3. The molecule has 1 N–H and O–H groups in total. The van der Waals surface area contributed by atoms with Crippen LogP contribution < -0.4 is 14.8 Å². The summed E-state index contributed by atoms with van der Waals surface area (Å²) in [6.07, 6.45) is -4.36. The van der Waals surface area contributed by atoms with Crippen molar-refractivity contribution in [3.05, 3.63) is 59.2 Å². The van der Waals surface area contributed by atoms with Gasteiger partial charge in [0.25, 0.3) is 0 Å². The number of hydrogen-bond acceptors (Lipinski definition) is 3. The lowest BCUT2D eigenvalue weighted by molar-refractivity contribution is -0.138. The molecule has 2 aromatic carbocycles. The van der Waals surface area contributed by atoms with Crippen LogP contribution in [0.1, 0.15) is 16.7 Å². The van der Waals surface area contributed by atoms with Gasteiger partial charge in [-0.25, -0.2) is 0 Å². The van der Waals surface area contributed by atoms with E-state index in [1.165, 1.54) is 26.4 Å². The van der Waals surface area contributed by atoms with Crippen LogP contribution >= 0.6 is 0 Å². The van der Waals surface area contributed by atoms with E-state index in [1.807, 2.05) is 12.1 Å². The second-order valence-corrected chi connectivity index (χ2v) is 4.91. The second-order valence-electron chi connectivity index (χ2n) is 4.91. The summed E-state index contributed by atoms with van der Waals surface area (Å²) in [4.78, 5) is 0. The first kappa shape index (κ1) is 17.1. The van der Waals surface area contributed by atoms with Crippen molar-refractivity contribution in [2.45, 2.75) is 19.3 Å². The van der Waals surface area contributed by atoms with E-state index in [-0.39, 0.29) is 12.1 Å². The Hall–Kier alpha value is -2.21. The van der Waals surface area contributed by atoms with Gasteiger partial charge >= 0.3 is 6.18 Å². The van der Waals surface area contributed by atoms with Crippen LogP contribution in [0.15, 0.2) is 42.5 Å². The van der Waals surface area contributed by atoms with Crippen molar-refractivity contribution in [3.63, 3.8) is 0 Å². The van der Waals surface area contributed by atoms with Crippen LogP contribution in [-0.2, 0) is 19.3 Å². The van der Waals surface area contributed by atoms with E-state index in [2.05, 4.69) is 5.32 Å². The fourth-order valence-corrected chi connectivity index (χ4v) is 2.38. The Bertz CT molecular complexity index is 657. The van der Waals surface area contributed by atoms with Crippen molar-refractivity contribution in [3.8, 4) is 11.5 Å². The van der Waals surface area contributed by atoms with Crippen LogP contribution in [0.5, 0.6) is 11.5 Å². The number of methoxy groups -OCH3 is 2. The van der Waals surface area contributed by atoms with E-state index >= 15 is 0 Å². The standard InChI is InChI=1S/C17H18F3NO2/c1-22-15-9-5-7-13(16(15)23-2)11-21-10-12-6-3-4-8-14(12)17(18,19)20/h3-9,21H,10-11H2,1-2H3. The predicted molar refractivity (Wildman–Crippen MR) is 81.5 cm³/mol. The van der Waals surface area contributed by atoms with Gasteiger partial charge in [-0.3, -0.25) is 0 Å². The summed E-state index contributed by atoms with van der Waals surface area (Å²) in [5.74, 6) is 1.16. The fraction of sp³-hybridized carbons (Fsp3) is 0.294. The highest BCUT2D eigenvalue weighted by Crippen LogP contribution is 2.32. The summed E-state index contributed by atoms with van der Waals surface area (Å²) in [5, 5.41) is 3.02. The molecule has 0 saturated carbocycles. The van der Waals surface area contributed by atoms with Crippen molar-refractivity contribution in [1.29, 1.82) is 0 Å². The van der Waals surface area contributed by atoms with Crippen LogP contribution in [0.4, 0.5) is 13.2 Å². The largest absolute Gasteiger partial charge is 0.493 e. The van der Waals surface area contributed by atoms with Gasteiger partial charge in [0.05, 0.1) is 19.8 Å². The third kappa shape index (κ3) is 4.16. The Balaban J connectivity index is 2.10. The number of benzene rings is 2. The molecule has 0 atom stereocenters. The number of hydrogen-bond donors (Lipinski definition) is 1. The maximum absolute atomic E-state index is 13.0. The van der Waals surface area contributed by atoms with Crippen LogP contribution in [0.25, 0.3) is 0 Å². The van der Waals surface area contributed by atoms with Crippen molar-refractivity contribution in [2.24, 2.45) is 0 Å². The summed E-state index contributed by atoms with van der Waals surface area (Å²) >= 11 is 0. The molecule has 6 heteroatoms. The average molecular weight is 325 g/mol. The second kappa shape index (κ2) is 7.37. The highest BCUT2D eigenvalue weighted by Gasteiger charge is 2.32. The molecule has 0 spiro atoms. The molecule has 23 heavy (non-hydrogen) atoms. The van der Waals surface area contributed by atoms with Gasteiger partial charge in [-0.15, -0.1) is 0 Å². The quantitative estimate of drug-likeness (QED) is 0.870. The van der Waals surface area contributed by atoms with E-state index in [1.54, 1.807) is 12.1 Å². The van der Waals surface area contributed by atoms with Crippen LogP contribution in [0, 0.1) is 0 Å². The molecular weight excluding hydrogens is 307 g/mol. The number of nitrogens with one attached hydrogen (secondary N) is 1. The third-order valence-electron chi connectivity index (χ3n) is 3.44.